The highest BCUT2D eigenvalue weighted by Crippen LogP contribution is 2.46. The van der Waals surface area contributed by atoms with Gasteiger partial charge in [0.05, 0.1) is 59.0 Å². The SMILES string of the molecule is Cn1nc(-c2c3cnn(C4CCCCO4)c3cc3ccc(F)c(C#N)c23)c2c1c1c(N3CCOC[C@@](C)(O)C3)nc(OC[C@@]34CCCN3C[C@H](F)C4)nc1n2C. The molecule has 0 aliphatic carbocycles. The van der Waals surface area contributed by atoms with Crippen LogP contribution in [0, 0.1) is 17.1 Å². The number of rotatable bonds is 6. The summed E-state index contributed by atoms with van der Waals surface area (Å²) in [5.41, 5.74) is 2.19. The lowest BCUT2D eigenvalue weighted by atomic mass is 9.94. The van der Waals surface area contributed by atoms with Crippen molar-refractivity contribution in [1.82, 2.24) is 39.0 Å². The van der Waals surface area contributed by atoms with E-state index >= 15 is 4.39 Å². The molecule has 4 aliphatic heterocycles. The molecule has 0 amide bonds. The quantitative estimate of drug-likeness (QED) is 0.237. The second-order valence-corrected chi connectivity index (χ2v) is 16.3. The van der Waals surface area contributed by atoms with Gasteiger partial charge < -0.3 is 28.8 Å². The van der Waals surface area contributed by atoms with Gasteiger partial charge in [-0.05, 0) is 63.1 Å². The van der Waals surface area contributed by atoms with Crippen LogP contribution < -0.4 is 9.64 Å². The molecule has 0 radical (unpaired) electrons. The number of nitriles is 1. The zero-order valence-electron chi connectivity index (χ0n) is 31.8. The first-order valence-corrected chi connectivity index (χ1v) is 19.5. The number of alkyl halides is 1. The molecule has 4 aliphatic rings. The predicted molar refractivity (Wildman–Crippen MR) is 205 cm³/mol. The first-order chi connectivity index (χ1) is 27.1. The maximum Gasteiger partial charge on any atom is 0.320 e. The average molecular weight is 767 g/mol. The number of ether oxygens (including phenoxy) is 3. The van der Waals surface area contributed by atoms with E-state index in [0.717, 1.165) is 44.2 Å². The van der Waals surface area contributed by atoms with Gasteiger partial charge in [-0.3, -0.25) is 9.58 Å². The molecule has 0 saturated carbocycles. The minimum absolute atomic E-state index is 0.0793. The predicted octanol–water partition coefficient (Wildman–Crippen LogP) is 5.28. The number of anilines is 1. The Balaban J connectivity index is 1.22. The van der Waals surface area contributed by atoms with E-state index in [2.05, 4.69) is 11.0 Å². The molecule has 56 heavy (non-hydrogen) atoms. The number of β-amino-alcohol motifs (C(OH)–C–C–N with tert-alkyl or cyclic N) is 1. The molecule has 16 heteroatoms. The monoisotopic (exact) mass is 766 g/mol. The van der Waals surface area contributed by atoms with Crippen LogP contribution in [0.5, 0.6) is 6.01 Å². The fourth-order valence-corrected chi connectivity index (χ4v) is 9.86. The molecule has 4 atom stereocenters. The van der Waals surface area contributed by atoms with E-state index in [-0.39, 0.29) is 37.6 Å². The number of halogens is 2. The van der Waals surface area contributed by atoms with E-state index in [1.165, 1.54) is 6.07 Å². The molecule has 10 rings (SSSR count). The fourth-order valence-electron chi connectivity index (χ4n) is 9.86. The highest BCUT2D eigenvalue weighted by molar-refractivity contribution is 6.20. The van der Waals surface area contributed by atoms with Crippen LogP contribution in [0.25, 0.3) is 55.0 Å². The molecule has 0 spiro atoms. The van der Waals surface area contributed by atoms with Crippen molar-refractivity contribution in [1.29, 1.82) is 5.26 Å². The summed E-state index contributed by atoms with van der Waals surface area (Å²) in [7, 11) is 3.74. The van der Waals surface area contributed by atoms with Crippen LogP contribution in [0.1, 0.15) is 57.2 Å². The van der Waals surface area contributed by atoms with Gasteiger partial charge in [0.25, 0.3) is 0 Å². The van der Waals surface area contributed by atoms with Gasteiger partial charge in [0.2, 0.25) is 0 Å². The molecule has 4 saturated heterocycles. The molecule has 4 aromatic heterocycles. The Kier molecular flexibility index (Phi) is 8.27. The third kappa shape index (κ3) is 5.46. The van der Waals surface area contributed by atoms with Crippen LogP contribution >= 0.6 is 0 Å². The standard InChI is InChI=1S/C40H44F2N10O4/c1-39(53)20-50(12-14-54-21-39)37-32-34-35(48(2)36(32)45-38(46-37)56-22-40-10-6-11-51(40)19-24(41)16-40)33(47-49(34)3)31-26-18-44-52(29-7-4-5-13-55-29)28(26)15-23-8-9-27(42)25(17-43)30(23)31/h8-9,15,18,24,29,53H,4-7,10-14,16,19-22H2,1-3H3/t24-,29?,39+,40+/m1/s1. The van der Waals surface area contributed by atoms with Gasteiger partial charge >= 0.3 is 6.01 Å². The maximum absolute atomic E-state index is 15.6. The number of aliphatic hydroxyl groups is 1. The van der Waals surface area contributed by atoms with E-state index in [0.29, 0.717) is 88.0 Å². The zero-order valence-corrected chi connectivity index (χ0v) is 31.8. The molecule has 8 heterocycles. The lowest BCUT2D eigenvalue weighted by molar-refractivity contribution is -0.0366. The molecule has 2 aromatic carbocycles. The van der Waals surface area contributed by atoms with Crippen LogP contribution in [-0.4, -0.2) is 114 Å². The molecule has 1 unspecified atom stereocenters. The van der Waals surface area contributed by atoms with Crippen molar-refractivity contribution in [2.24, 2.45) is 14.1 Å². The maximum atomic E-state index is 15.6. The number of aromatic nitrogens is 7. The van der Waals surface area contributed by atoms with Crippen molar-refractivity contribution >= 4 is 49.6 Å². The van der Waals surface area contributed by atoms with Crippen molar-refractivity contribution in [2.75, 3.05) is 57.5 Å². The second kappa shape index (κ2) is 13.1. The molecule has 14 nitrogen and oxygen atoms in total. The minimum atomic E-state index is -1.17. The van der Waals surface area contributed by atoms with Gasteiger partial charge in [0.1, 0.15) is 41.8 Å². The summed E-state index contributed by atoms with van der Waals surface area (Å²) in [4.78, 5) is 14.2. The van der Waals surface area contributed by atoms with Crippen LogP contribution in [-0.2, 0) is 23.6 Å². The number of aryl methyl sites for hydroxylation is 2. The Hall–Kier alpha value is -4.95. The topological polar surface area (TPSA) is 145 Å². The first-order valence-electron chi connectivity index (χ1n) is 19.5. The first kappa shape index (κ1) is 35.5. The third-order valence-electron chi connectivity index (χ3n) is 12.4. The Morgan fingerprint density at radius 1 is 1.11 bits per heavy atom. The van der Waals surface area contributed by atoms with Crippen molar-refractivity contribution in [2.45, 2.75) is 69.0 Å². The summed E-state index contributed by atoms with van der Waals surface area (Å²) in [6.45, 7) is 5.08. The molecular weight excluding hydrogens is 723 g/mol. The van der Waals surface area contributed by atoms with Gasteiger partial charge in [-0.25, -0.2) is 13.5 Å². The van der Waals surface area contributed by atoms with Crippen LogP contribution in [0.15, 0.2) is 24.4 Å². The van der Waals surface area contributed by atoms with Crippen LogP contribution in [0.2, 0.25) is 0 Å². The highest BCUT2D eigenvalue weighted by atomic mass is 19.1. The van der Waals surface area contributed by atoms with E-state index < -0.39 is 23.1 Å². The Labute approximate surface area is 321 Å². The van der Waals surface area contributed by atoms with Crippen molar-refractivity contribution < 1.29 is 28.1 Å². The summed E-state index contributed by atoms with van der Waals surface area (Å²) in [5.74, 6) is -0.0829. The normalized spacial score (nSPS) is 26.1. The van der Waals surface area contributed by atoms with Crippen LogP contribution in [0.3, 0.4) is 0 Å². The van der Waals surface area contributed by atoms with Crippen molar-refractivity contribution in [3.8, 4) is 23.3 Å². The summed E-state index contributed by atoms with van der Waals surface area (Å²) >= 11 is 0. The average Bonchev–Trinajstić information content (AvgIpc) is 3.96. The molecule has 4 fully saturated rings. The lowest BCUT2D eigenvalue weighted by Crippen LogP contribution is -2.44. The van der Waals surface area contributed by atoms with Gasteiger partial charge in [-0.2, -0.15) is 25.4 Å². The number of hydrogen-bond acceptors (Lipinski definition) is 11. The lowest BCUT2D eigenvalue weighted by Gasteiger charge is -2.31. The summed E-state index contributed by atoms with van der Waals surface area (Å²) in [6, 6.07) is 7.24. The molecular formula is C40H44F2N10O4. The Bertz CT molecular complexity index is 2590. The largest absolute Gasteiger partial charge is 0.461 e. The van der Waals surface area contributed by atoms with Crippen molar-refractivity contribution in [3.63, 3.8) is 0 Å². The fraction of sp³-hybridized carbons (Fsp3) is 0.525. The third-order valence-corrected chi connectivity index (χ3v) is 12.4. The van der Waals surface area contributed by atoms with Gasteiger partial charge in [0.15, 0.2) is 11.9 Å². The van der Waals surface area contributed by atoms with E-state index in [9.17, 15) is 14.8 Å². The van der Waals surface area contributed by atoms with Gasteiger partial charge in [-0.15, -0.1) is 0 Å². The number of nitrogens with zero attached hydrogens (tertiary/aromatic N) is 10. The van der Waals surface area contributed by atoms with Crippen molar-refractivity contribution in [3.05, 3.63) is 35.8 Å². The second-order valence-electron chi connectivity index (χ2n) is 16.3. The Morgan fingerprint density at radius 3 is 2.80 bits per heavy atom. The molecule has 1 N–H and O–H groups in total. The Morgan fingerprint density at radius 2 is 1.98 bits per heavy atom. The molecule has 0 bridgehead atoms. The number of hydrogen-bond donors (Lipinski definition) is 1. The van der Waals surface area contributed by atoms with E-state index in [4.69, 9.17) is 34.4 Å². The summed E-state index contributed by atoms with van der Waals surface area (Å²) < 4.78 is 54.3. The van der Waals surface area contributed by atoms with Crippen LogP contribution in [0.4, 0.5) is 14.6 Å². The molecule has 292 valence electrons. The van der Waals surface area contributed by atoms with Gasteiger partial charge in [0, 0.05) is 56.5 Å². The minimum Gasteiger partial charge on any atom is -0.461 e. The number of benzene rings is 2. The summed E-state index contributed by atoms with van der Waals surface area (Å²) in [5, 5.41) is 34.1. The molecule has 6 aromatic rings. The summed E-state index contributed by atoms with van der Waals surface area (Å²) in [6.07, 6.45) is 5.62. The zero-order chi connectivity index (χ0) is 38.5. The van der Waals surface area contributed by atoms with Gasteiger partial charge in [-0.1, -0.05) is 6.07 Å². The van der Waals surface area contributed by atoms with E-state index in [1.807, 2.05) is 34.3 Å². The van der Waals surface area contributed by atoms with E-state index in [1.54, 1.807) is 23.9 Å². The number of fused-ring (bicyclic) bond motifs is 6. The smallest absolute Gasteiger partial charge is 0.320 e. The highest BCUT2D eigenvalue weighted by Gasteiger charge is 2.49.